The molecule has 15 heavy (non-hydrogen) atoms. The molecule has 0 unspecified atom stereocenters. The molecule has 0 spiro atoms. The SMILES string of the molecule is C=C(CCC(C)(C)O)c1ccc(Cl)cc1. The molecule has 1 nitrogen and oxygen atoms in total. The Hall–Kier alpha value is -0.790. The fourth-order valence-corrected chi connectivity index (χ4v) is 1.41. The van der Waals surface area contributed by atoms with Crippen molar-refractivity contribution >= 4 is 17.2 Å². The highest BCUT2D eigenvalue weighted by Gasteiger charge is 2.12. The van der Waals surface area contributed by atoms with Crippen LogP contribution in [0.4, 0.5) is 0 Å². The van der Waals surface area contributed by atoms with E-state index in [1.165, 1.54) is 0 Å². The highest BCUT2D eigenvalue weighted by molar-refractivity contribution is 6.30. The van der Waals surface area contributed by atoms with Crippen molar-refractivity contribution < 1.29 is 5.11 Å². The summed E-state index contributed by atoms with van der Waals surface area (Å²) in [5.74, 6) is 0. The minimum atomic E-state index is -0.630. The van der Waals surface area contributed by atoms with E-state index in [0.29, 0.717) is 6.42 Å². The molecule has 1 aromatic rings. The van der Waals surface area contributed by atoms with E-state index in [0.717, 1.165) is 22.6 Å². The van der Waals surface area contributed by atoms with Crippen molar-refractivity contribution in [2.24, 2.45) is 0 Å². The van der Waals surface area contributed by atoms with Crippen LogP contribution in [0.2, 0.25) is 5.02 Å². The lowest BCUT2D eigenvalue weighted by molar-refractivity contribution is 0.0728. The summed E-state index contributed by atoms with van der Waals surface area (Å²) in [6.45, 7) is 7.62. The van der Waals surface area contributed by atoms with Crippen LogP contribution >= 0.6 is 11.6 Å². The monoisotopic (exact) mass is 224 g/mol. The number of benzene rings is 1. The highest BCUT2D eigenvalue weighted by Crippen LogP contribution is 2.23. The van der Waals surface area contributed by atoms with Gasteiger partial charge in [0.1, 0.15) is 0 Å². The summed E-state index contributed by atoms with van der Waals surface area (Å²) in [7, 11) is 0. The first-order valence-corrected chi connectivity index (χ1v) is 5.42. The second kappa shape index (κ2) is 4.82. The first-order chi connectivity index (χ1) is 6.88. The molecule has 1 N–H and O–H groups in total. The molecule has 0 aliphatic carbocycles. The maximum Gasteiger partial charge on any atom is 0.0594 e. The number of rotatable bonds is 4. The van der Waals surface area contributed by atoms with E-state index in [9.17, 15) is 5.11 Å². The quantitative estimate of drug-likeness (QED) is 0.823. The Morgan fingerprint density at radius 2 is 1.87 bits per heavy atom. The van der Waals surface area contributed by atoms with Gasteiger partial charge in [-0.1, -0.05) is 30.3 Å². The molecule has 0 amide bonds. The minimum absolute atomic E-state index is 0.630. The fourth-order valence-electron chi connectivity index (χ4n) is 1.29. The van der Waals surface area contributed by atoms with Gasteiger partial charge in [-0.05, 0) is 50.0 Å². The van der Waals surface area contributed by atoms with Gasteiger partial charge in [-0.25, -0.2) is 0 Å². The third kappa shape index (κ3) is 4.50. The largest absolute Gasteiger partial charge is 0.390 e. The molecule has 2 heteroatoms. The summed E-state index contributed by atoms with van der Waals surface area (Å²) in [6.07, 6.45) is 1.51. The number of aliphatic hydroxyl groups is 1. The predicted molar refractivity (Wildman–Crippen MR) is 66.0 cm³/mol. The molecule has 0 aliphatic rings. The third-order valence-corrected chi connectivity index (χ3v) is 2.54. The highest BCUT2D eigenvalue weighted by atomic mass is 35.5. The molecule has 0 bridgehead atoms. The van der Waals surface area contributed by atoms with Crippen molar-refractivity contribution in [1.82, 2.24) is 0 Å². The molecule has 82 valence electrons. The third-order valence-electron chi connectivity index (χ3n) is 2.29. The number of hydrogen-bond donors (Lipinski definition) is 1. The lowest BCUT2D eigenvalue weighted by Crippen LogP contribution is -2.17. The Morgan fingerprint density at radius 3 is 2.33 bits per heavy atom. The predicted octanol–water partition coefficient (Wildman–Crippen LogP) is 3.90. The van der Waals surface area contributed by atoms with Crippen molar-refractivity contribution in [2.45, 2.75) is 32.3 Å². The molecule has 0 heterocycles. The Kier molecular flexibility index (Phi) is 3.95. The smallest absolute Gasteiger partial charge is 0.0594 e. The summed E-state index contributed by atoms with van der Waals surface area (Å²) < 4.78 is 0. The lowest BCUT2D eigenvalue weighted by Gasteiger charge is -2.17. The molecular formula is C13H17ClO. The van der Waals surface area contributed by atoms with E-state index in [1.807, 2.05) is 38.1 Å². The number of hydrogen-bond acceptors (Lipinski definition) is 1. The molecule has 0 fully saturated rings. The van der Waals surface area contributed by atoms with E-state index in [2.05, 4.69) is 6.58 Å². The van der Waals surface area contributed by atoms with Gasteiger partial charge in [0.25, 0.3) is 0 Å². The van der Waals surface area contributed by atoms with Crippen LogP contribution in [-0.2, 0) is 0 Å². The molecule has 1 rings (SSSR count). The fraction of sp³-hybridized carbons (Fsp3) is 0.385. The first-order valence-electron chi connectivity index (χ1n) is 5.04. The van der Waals surface area contributed by atoms with Crippen LogP contribution in [0.25, 0.3) is 5.57 Å². The van der Waals surface area contributed by atoms with E-state index in [-0.39, 0.29) is 0 Å². The van der Waals surface area contributed by atoms with Crippen molar-refractivity contribution in [3.05, 3.63) is 41.4 Å². The van der Waals surface area contributed by atoms with Crippen LogP contribution in [0, 0.1) is 0 Å². The van der Waals surface area contributed by atoms with Gasteiger partial charge >= 0.3 is 0 Å². The Labute approximate surface area is 96.4 Å². The number of halogens is 1. The van der Waals surface area contributed by atoms with Crippen LogP contribution in [0.1, 0.15) is 32.3 Å². The van der Waals surface area contributed by atoms with Crippen molar-refractivity contribution in [2.75, 3.05) is 0 Å². The summed E-state index contributed by atoms with van der Waals surface area (Å²) in [4.78, 5) is 0. The minimum Gasteiger partial charge on any atom is -0.390 e. The van der Waals surface area contributed by atoms with Gasteiger partial charge in [0.05, 0.1) is 5.60 Å². The van der Waals surface area contributed by atoms with Crippen LogP contribution in [0.15, 0.2) is 30.8 Å². The zero-order valence-corrected chi connectivity index (χ0v) is 10.0. The van der Waals surface area contributed by atoms with Crippen LogP contribution in [0.5, 0.6) is 0 Å². The molecule has 0 saturated heterocycles. The second-order valence-electron chi connectivity index (χ2n) is 4.42. The van der Waals surface area contributed by atoms with Crippen molar-refractivity contribution in [3.8, 4) is 0 Å². The maximum absolute atomic E-state index is 9.60. The van der Waals surface area contributed by atoms with Crippen LogP contribution in [0.3, 0.4) is 0 Å². The van der Waals surface area contributed by atoms with E-state index in [1.54, 1.807) is 0 Å². The van der Waals surface area contributed by atoms with E-state index < -0.39 is 5.60 Å². The summed E-state index contributed by atoms with van der Waals surface area (Å²) >= 11 is 5.80. The van der Waals surface area contributed by atoms with Gasteiger partial charge in [-0.15, -0.1) is 0 Å². The number of allylic oxidation sites excluding steroid dienone is 1. The Balaban J connectivity index is 2.58. The topological polar surface area (TPSA) is 20.2 Å². The molecule has 1 aromatic carbocycles. The normalized spacial score (nSPS) is 11.5. The van der Waals surface area contributed by atoms with Gasteiger partial charge in [0.15, 0.2) is 0 Å². The molecular weight excluding hydrogens is 208 g/mol. The zero-order valence-electron chi connectivity index (χ0n) is 9.26. The van der Waals surface area contributed by atoms with Crippen LogP contribution < -0.4 is 0 Å². The van der Waals surface area contributed by atoms with Gasteiger partial charge < -0.3 is 5.11 Å². The average Bonchev–Trinajstić information content (AvgIpc) is 2.14. The molecule has 0 aliphatic heterocycles. The Bertz CT molecular complexity index is 333. The second-order valence-corrected chi connectivity index (χ2v) is 4.86. The summed E-state index contributed by atoms with van der Waals surface area (Å²) in [5.41, 5.74) is 1.49. The molecule has 0 radical (unpaired) electrons. The van der Waals surface area contributed by atoms with E-state index >= 15 is 0 Å². The van der Waals surface area contributed by atoms with Gasteiger partial charge in [0.2, 0.25) is 0 Å². The van der Waals surface area contributed by atoms with Gasteiger partial charge in [0, 0.05) is 5.02 Å². The average molecular weight is 225 g/mol. The zero-order chi connectivity index (χ0) is 11.5. The molecule has 0 atom stereocenters. The van der Waals surface area contributed by atoms with Gasteiger partial charge in [-0.2, -0.15) is 0 Å². The first kappa shape index (κ1) is 12.3. The molecule has 0 aromatic heterocycles. The van der Waals surface area contributed by atoms with E-state index in [4.69, 9.17) is 11.6 Å². The molecule has 0 saturated carbocycles. The van der Waals surface area contributed by atoms with Gasteiger partial charge in [-0.3, -0.25) is 0 Å². The van der Waals surface area contributed by atoms with Crippen molar-refractivity contribution in [1.29, 1.82) is 0 Å². The summed E-state index contributed by atoms with van der Waals surface area (Å²) in [6, 6.07) is 7.61. The van der Waals surface area contributed by atoms with Crippen molar-refractivity contribution in [3.63, 3.8) is 0 Å². The van der Waals surface area contributed by atoms with Crippen LogP contribution in [-0.4, -0.2) is 10.7 Å². The standard InChI is InChI=1S/C13H17ClO/c1-10(8-9-13(2,3)15)11-4-6-12(14)7-5-11/h4-7,15H,1,8-9H2,2-3H3. The summed E-state index contributed by atoms with van der Waals surface area (Å²) in [5, 5.41) is 10.3. The maximum atomic E-state index is 9.60. The Morgan fingerprint density at radius 1 is 1.33 bits per heavy atom. The lowest BCUT2D eigenvalue weighted by atomic mass is 9.96.